The molecule has 29 heavy (non-hydrogen) atoms. The molecule has 4 nitrogen and oxygen atoms in total. The lowest BCUT2D eigenvalue weighted by molar-refractivity contribution is 0.173. The third-order valence-electron chi connectivity index (χ3n) is 6.40. The molecule has 0 bridgehead atoms. The highest BCUT2D eigenvalue weighted by Gasteiger charge is 2.43. The van der Waals surface area contributed by atoms with Crippen molar-refractivity contribution >= 4 is 8.56 Å². The summed E-state index contributed by atoms with van der Waals surface area (Å²) in [5, 5.41) is 0. The van der Waals surface area contributed by atoms with Gasteiger partial charge in [-0.3, -0.25) is 0 Å². The van der Waals surface area contributed by atoms with Gasteiger partial charge in [0.2, 0.25) is 0 Å². The molecule has 0 fully saturated rings. The van der Waals surface area contributed by atoms with Crippen LogP contribution in [0.3, 0.4) is 0 Å². The third kappa shape index (κ3) is 9.75. The molecule has 0 aliphatic rings. The van der Waals surface area contributed by atoms with E-state index in [4.69, 9.17) is 8.85 Å². The zero-order valence-electron chi connectivity index (χ0n) is 20.2. The monoisotopic (exact) mass is 422 g/mol. The average Bonchev–Trinajstić information content (AvgIpc) is 2.71. The fourth-order valence-electron chi connectivity index (χ4n) is 4.39. The second-order valence-corrected chi connectivity index (χ2v) is 12.6. The summed E-state index contributed by atoms with van der Waals surface area (Å²) in [6, 6.07) is 12.9. The maximum Gasteiger partial charge on any atom is 0.338 e. The van der Waals surface area contributed by atoms with Gasteiger partial charge in [0.25, 0.3) is 0 Å². The van der Waals surface area contributed by atoms with Gasteiger partial charge in [0.05, 0.1) is 0 Å². The Morgan fingerprint density at radius 3 is 1.79 bits per heavy atom. The molecule has 168 valence electrons. The van der Waals surface area contributed by atoms with Gasteiger partial charge in [0.15, 0.2) is 0 Å². The molecule has 0 spiro atoms. The van der Waals surface area contributed by atoms with Gasteiger partial charge in [-0.05, 0) is 96.5 Å². The Kier molecular flexibility index (Phi) is 12.3. The van der Waals surface area contributed by atoms with Crippen LogP contribution in [0, 0.1) is 5.41 Å². The normalized spacial score (nSPS) is 12.9. The van der Waals surface area contributed by atoms with E-state index in [-0.39, 0.29) is 0 Å². The van der Waals surface area contributed by atoms with Crippen molar-refractivity contribution in [2.45, 2.75) is 57.5 Å². The molecule has 0 heterocycles. The summed E-state index contributed by atoms with van der Waals surface area (Å²) in [6.07, 6.45) is 7.20. The summed E-state index contributed by atoms with van der Waals surface area (Å²) in [4.78, 5) is 4.60. The van der Waals surface area contributed by atoms with Crippen LogP contribution in [0.5, 0.6) is 0 Å². The Bertz CT molecular complexity index is 519. The molecular weight excluding hydrogens is 376 g/mol. The lowest BCUT2D eigenvalue weighted by atomic mass is 9.78. The van der Waals surface area contributed by atoms with Crippen molar-refractivity contribution in [1.29, 1.82) is 0 Å². The topological polar surface area (TPSA) is 24.9 Å². The van der Waals surface area contributed by atoms with Crippen LogP contribution in [0.4, 0.5) is 0 Å². The molecule has 0 N–H and O–H groups in total. The summed E-state index contributed by atoms with van der Waals surface area (Å²) in [6.45, 7) is 4.66. The lowest BCUT2D eigenvalue weighted by Gasteiger charge is -2.40. The smallest absolute Gasteiger partial charge is 0.338 e. The van der Waals surface area contributed by atoms with Crippen LogP contribution in [-0.2, 0) is 15.3 Å². The average molecular weight is 423 g/mol. The molecule has 0 unspecified atom stereocenters. The Morgan fingerprint density at radius 2 is 1.38 bits per heavy atom. The highest BCUT2D eigenvalue weighted by molar-refractivity contribution is 6.67. The predicted octanol–water partition coefficient (Wildman–Crippen LogP) is 5.04. The Balaban J connectivity index is 2.94. The summed E-state index contributed by atoms with van der Waals surface area (Å²) in [5.41, 5.74) is 1.68. The molecule has 1 rings (SSSR count). The van der Waals surface area contributed by atoms with Crippen LogP contribution in [-0.4, -0.2) is 73.9 Å². The minimum Gasteiger partial charge on any atom is -0.398 e. The quantitative estimate of drug-likeness (QED) is 0.348. The van der Waals surface area contributed by atoms with Crippen LogP contribution in [0.2, 0.25) is 12.1 Å². The van der Waals surface area contributed by atoms with Crippen molar-refractivity contribution in [2.75, 3.05) is 55.5 Å². The molecule has 0 aromatic heterocycles. The van der Waals surface area contributed by atoms with Crippen molar-refractivity contribution in [2.24, 2.45) is 5.41 Å². The van der Waals surface area contributed by atoms with Crippen LogP contribution >= 0.6 is 0 Å². The summed E-state index contributed by atoms with van der Waals surface area (Å²) in [5.74, 6) is 0. The number of rotatable bonds is 16. The highest BCUT2D eigenvalue weighted by atomic mass is 28.4. The summed E-state index contributed by atoms with van der Waals surface area (Å²) < 4.78 is 12.4. The SMILES string of the molecule is CCC(CCCN(C)C)(CCCN(C)C)C[Si](CCc1ccccc1)(OC)OC. The lowest BCUT2D eigenvalue weighted by Crippen LogP contribution is -2.46. The largest absolute Gasteiger partial charge is 0.398 e. The first kappa shape index (κ1) is 26.3. The first-order chi connectivity index (χ1) is 13.8. The number of hydrogen-bond donors (Lipinski definition) is 0. The van der Waals surface area contributed by atoms with Crippen molar-refractivity contribution in [3.8, 4) is 0 Å². The summed E-state index contributed by atoms with van der Waals surface area (Å²) >= 11 is 0. The first-order valence-corrected chi connectivity index (χ1v) is 13.5. The molecule has 1 aromatic rings. The maximum absolute atomic E-state index is 6.22. The molecule has 5 heteroatoms. The first-order valence-electron chi connectivity index (χ1n) is 11.2. The van der Waals surface area contributed by atoms with Crippen LogP contribution in [0.25, 0.3) is 0 Å². The van der Waals surface area contributed by atoms with Crippen LogP contribution < -0.4 is 0 Å². The second kappa shape index (κ2) is 13.6. The molecule has 0 radical (unpaired) electrons. The third-order valence-corrected chi connectivity index (χ3v) is 10.2. The molecule has 0 saturated heterocycles. The van der Waals surface area contributed by atoms with Gasteiger partial charge in [0, 0.05) is 14.2 Å². The van der Waals surface area contributed by atoms with E-state index in [2.05, 4.69) is 75.2 Å². The number of benzene rings is 1. The van der Waals surface area contributed by atoms with Gasteiger partial charge in [-0.25, -0.2) is 0 Å². The predicted molar refractivity (Wildman–Crippen MR) is 128 cm³/mol. The summed E-state index contributed by atoms with van der Waals surface area (Å²) in [7, 11) is 10.2. The molecule has 0 aliphatic carbocycles. The van der Waals surface area contributed by atoms with E-state index in [1.807, 2.05) is 14.2 Å². The Hall–Kier alpha value is -0.723. The van der Waals surface area contributed by atoms with E-state index >= 15 is 0 Å². The van der Waals surface area contributed by atoms with E-state index < -0.39 is 8.56 Å². The molecule has 0 aliphatic heterocycles. The van der Waals surface area contributed by atoms with Gasteiger partial charge in [-0.1, -0.05) is 43.7 Å². The Morgan fingerprint density at radius 1 is 0.862 bits per heavy atom. The van der Waals surface area contributed by atoms with Crippen LogP contribution in [0.15, 0.2) is 30.3 Å². The van der Waals surface area contributed by atoms with Crippen molar-refractivity contribution in [3.63, 3.8) is 0 Å². The maximum atomic E-state index is 6.22. The number of aryl methyl sites for hydroxylation is 1. The van der Waals surface area contributed by atoms with Gasteiger partial charge in [-0.2, -0.15) is 0 Å². The van der Waals surface area contributed by atoms with Gasteiger partial charge >= 0.3 is 8.56 Å². The highest BCUT2D eigenvalue weighted by Crippen LogP contribution is 2.43. The van der Waals surface area contributed by atoms with Crippen molar-refractivity contribution in [1.82, 2.24) is 9.80 Å². The Labute approximate surface area is 181 Å². The molecule has 0 amide bonds. The number of nitrogens with zero attached hydrogens (tertiary/aromatic N) is 2. The van der Waals surface area contributed by atoms with Gasteiger partial charge in [-0.15, -0.1) is 0 Å². The standard InChI is InChI=1S/C24H46N2O2Si/c1-8-24(17-12-19-25(2)3,18-13-20-26(4)5)22-29(27-6,28-7)21-16-23-14-10-9-11-15-23/h9-11,14-15H,8,12-13,16-22H2,1-7H3. The molecule has 0 atom stereocenters. The van der Waals surface area contributed by atoms with Crippen LogP contribution in [0.1, 0.15) is 44.6 Å². The van der Waals surface area contributed by atoms with Gasteiger partial charge < -0.3 is 18.7 Å². The van der Waals surface area contributed by atoms with Crippen molar-refractivity contribution in [3.05, 3.63) is 35.9 Å². The fourth-order valence-corrected chi connectivity index (χ4v) is 7.85. The molecule has 0 saturated carbocycles. The van der Waals surface area contributed by atoms with E-state index in [0.717, 1.165) is 31.6 Å². The fraction of sp³-hybridized carbons (Fsp3) is 0.750. The zero-order valence-corrected chi connectivity index (χ0v) is 21.2. The minimum absolute atomic E-state index is 0.306. The molecular formula is C24H46N2O2Si. The number of hydrogen-bond acceptors (Lipinski definition) is 4. The second-order valence-electron chi connectivity index (χ2n) is 9.15. The zero-order chi connectivity index (χ0) is 21.8. The van der Waals surface area contributed by atoms with E-state index in [9.17, 15) is 0 Å². The molecule has 1 aromatic carbocycles. The van der Waals surface area contributed by atoms with Crippen molar-refractivity contribution < 1.29 is 8.85 Å². The minimum atomic E-state index is -2.26. The van der Waals surface area contributed by atoms with Gasteiger partial charge in [0.1, 0.15) is 0 Å². The van der Waals surface area contributed by atoms with E-state index in [1.54, 1.807) is 0 Å². The van der Waals surface area contributed by atoms with E-state index in [1.165, 1.54) is 37.7 Å². The van der Waals surface area contributed by atoms with E-state index in [0.29, 0.717) is 5.41 Å².